The molecule has 0 saturated heterocycles. The number of fused-ring (bicyclic) bond motifs is 1. The van der Waals surface area contributed by atoms with E-state index in [1.807, 2.05) is 20.8 Å². The highest BCUT2D eigenvalue weighted by Crippen LogP contribution is 2.29. The van der Waals surface area contributed by atoms with Crippen LogP contribution in [0.4, 0.5) is 8.78 Å². The highest BCUT2D eigenvalue weighted by atomic mass is 35.5. The average Bonchev–Trinajstić information content (AvgIpc) is 2.71. The van der Waals surface area contributed by atoms with Gasteiger partial charge in [-0.3, -0.25) is 0 Å². The molecule has 0 N–H and O–H groups in total. The summed E-state index contributed by atoms with van der Waals surface area (Å²) in [4.78, 5) is 4.26. The molecule has 2 nitrogen and oxygen atoms in total. The van der Waals surface area contributed by atoms with Gasteiger partial charge in [0.25, 0.3) is 0 Å². The number of hydrogen-bond acceptors (Lipinski definition) is 1. The maximum absolute atomic E-state index is 14.0. The minimum atomic E-state index is -0.860. The number of benzene rings is 1. The molecule has 5 heteroatoms. The van der Waals surface area contributed by atoms with Crippen molar-refractivity contribution in [1.29, 1.82) is 0 Å². The predicted molar refractivity (Wildman–Crippen MR) is 68.8 cm³/mol. The van der Waals surface area contributed by atoms with Gasteiger partial charge in [0, 0.05) is 6.04 Å². The Morgan fingerprint density at radius 3 is 2.50 bits per heavy atom. The van der Waals surface area contributed by atoms with Gasteiger partial charge in [-0.05, 0) is 25.0 Å². The van der Waals surface area contributed by atoms with Gasteiger partial charge in [0.1, 0.15) is 11.3 Å². The molecular formula is C13H15ClF2N2. The molecule has 0 bridgehead atoms. The first-order chi connectivity index (χ1) is 8.47. The van der Waals surface area contributed by atoms with Crippen molar-refractivity contribution < 1.29 is 8.78 Å². The van der Waals surface area contributed by atoms with E-state index in [0.717, 1.165) is 6.07 Å². The Balaban J connectivity index is 2.79. The Hall–Kier alpha value is -1.16. The van der Waals surface area contributed by atoms with E-state index in [2.05, 4.69) is 4.98 Å². The summed E-state index contributed by atoms with van der Waals surface area (Å²) in [7, 11) is 0. The Kier molecular flexibility index (Phi) is 3.57. The molecular weight excluding hydrogens is 258 g/mol. The van der Waals surface area contributed by atoms with E-state index in [4.69, 9.17) is 11.6 Å². The van der Waals surface area contributed by atoms with Crippen molar-refractivity contribution in [1.82, 2.24) is 9.55 Å². The van der Waals surface area contributed by atoms with Crippen molar-refractivity contribution in [3.8, 4) is 0 Å². The SMILES string of the molecule is CC(C)C(C)n1c(CCl)nc2ccc(F)c(F)c21. The number of halogens is 3. The second-order valence-corrected chi connectivity index (χ2v) is 5.01. The van der Waals surface area contributed by atoms with E-state index >= 15 is 0 Å². The monoisotopic (exact) mass is 272 g/mol. The minimum absolute atomic E-state index is 0.0000463. The molecule has 0 amide bonds. The third-order valence-electron chi connectivity index (χ3n) is 3.31. The molecule has 1 heterocycles. The zero-order valence-electron chi connectivity index (χ0n) is 10.5. The van der Waals surface area contributed by atoms with Crippen LogP contribution in [0.25, 0.3) is 11.0 Å². The molecule has 0 aliphatic heterocycles. The Morgan fingerprint density at radius 1 is 1.28 bits per heavy atom. The van der Waals surface area contributed by atoms with E-state index in [1.54, 1.807) is 4.57 Å². The van der Waals surface area contributed by atoms with Crippen LogP contribution in [0, 0.1) is 17.6 Å². The maximum atomic E-state index is 14.0. The molecule has 0 radical (unpaired) electrons. The van der Waals surface area contributed by atoms with E-state index in [9.17, 15) is 8.78 Å². The van der Waals surface area contributed by atoms with Crippen LogP contribution in [0.2, 0.25) is 0 Å². The molecule has 1 aromatic carbocycles. The lowest BCUT2D eigenvalue weighted by molar-refractivity contribution is 0.403. The van der Waals surface area contributed by atoms with Crippen LogP contribution >= 0.6 is 11.6 Å². The van der Waals surface area contributed by atoms with Gasteiger partial charge in [0.15, 0.2) is 11.6 Å². The minimum Gasteiger partial charge on any atom is -0.321 e. The van der Waals surface area contributed by atoms with E-state index < -0.39 is 11.6 Å². The van der Waals surface area contributed by atoms with Gasteiger partial charge < -0.3 is 4.57 Å². The van der Waals surface area contributed by atoms with Crippen LogP contribution in [0.1, 0.15) is 32.6 Å². The first-order valence-electron chi connectivity index (χ1n) is 5.88. The topological polar surface area (TPSA) is 17.8 Å². The normalized spacial score (nSPS) is 13.5. The molecule has 0 fully saturated rings. The average molecular weight is 273 g/mol. The molecule has 0 saturated carbocycles. The van der Waals surface area contributed by atoms with Gasteiger partial charge in [0.2, 0.25) is 0 Å². The van der Waals surface area contributed by atoms with Crippen molar-refractivity contribution in [2.75, 3.05) is 0 Å². The first kappa shape index (κ1) is 13.3. The Morgan fingerprint density at radius 2 is 1.94 bits per heavy atom. The van der Waals surface area contributed by atoms with Crippen LogP contribution in [-0.4, -0.2) is 9.55 Å². The van der Waals surface area contributed by atoms with Gasteiger partial charge in [-0.2, -0.15) is 0 Å². The standard InChI is InChI=1S/C13H15ClF2N2/c1-7(2)8(3)18-11(6-14)17-10-5-4-9(15)12(16)13(10)18/h4-5,7-8H,6H2,1-3H3. The fourth-order valence-electron chi connectivity index (χ4n) is 2.00. The lowest BCUT2D eigenvalue weighted by atomic mass is 10.1. The third kappa shape index (κ3) is 1.99. The van der Waals surface area contributed by atoms with Crippen molar-refractivity contribution in [3.63, 3.8) is 0 Å². The molecule has 0 aliphatic rings. The Bertz CT molecular complexity index is 578. The summed E-state index contributed by atoms with van der Waals surface area (Å²) in [6, 6.07) is 2.57. The number of alkyl halides is 1. The molecule has 18 heavy (non-hydrogen) atoms. The van der Waals surface area contributed by atoms with Gasteiger partial charge in [-0.25, -0.2) is 13.8 Å². The largest absolute Gasteiger partial charge is 0.321 e. The smallest absolute Gasteiger partial charge is 0.184 e. The van der Waals surface area contributed by atoms with Crippen LogP contribution in [0.15, 0.2) is 12.1 Å². The number of hydrogen-bond donors (Lipinski definition) is 0. The highest BCUT2D eigenvalue weighted by molar-refractivity contribution is 6.16. The van der Waals surface area contributed by atoms with Crippen molar-refractivity contribution in [2.24, 2.45) is 5.92 Å². The zero-order chi connectivity index (χ0) is 13.4. The molecule has 0 spiro atoms. The van der Waals surface area contributed by atoms with Crippen molar-refractivity contribution >= 4 is 22.6 Å². The van der Waals surface area contributed by atoms with E-state index in [0.29, 0.717) is 11.3 Å². The number of nitrogens with zero attached hydrogens (tertiary/aromatic N) is 2. The summed E-state index contributed by atoms with van der Waals surface area (Å²) in [5.41, 5.74) is 0.643. The van der Waals surface area contributed by atoms with E-state index in [-0.39, 0.29) is 23.4 Å². The van der Waals surface area contributed by atoms with Gasteiger partial charge in [-0.15, -0.1) is 11.6 Å². The van der Waals surface area contributed by atoms with Gasteiger partial charge >= 0.3 is 0 Å². The molecule has 1 atom stereocenters. The van der Waals surface area contributed by atoms with Crippen molar-refractivity contribution in [3.05, 3.63) is 29.6 Å². The molecule has 1 aromatic heterocycles. The quantitative estimate of drug-likeness (QED) is 0.763. The zero-order valence-corrected chi connectivity index (χ0v) is 11.3. The van der Waals surface area contributed by atoms with Crippen LogP contribution in [0.5, 0.6) is 0 Å². The lowest BCUT2D eigenvalue weighted by Gasteiger charge is -2.20. The fraction of sp³-hybridized carbons (Fsp3) is 0.462. The summed E-state index contributed by atoms with van der Waals surface area (Å²) in [5, 5.41) is 0. The first-order valence-corrected chi connectivity index (χ1v) is 6.41. The summed E-state index contributed by atoms with van der Waals surface area (Å²) < 4.78 is 29.0. The molecule has 2 rings (SSSR count). The summed E-state index contributed by atoms with van der Waals surface area (Å²) >= 11 is 5.84. The molecule has 0 aliphatic carbocycles. The third-order valence-corrected chi connectivity index (χ3v) is 3.55. The maximum Gasteiger partial charge on any atom is 0.184 e. The second-order valence-electron chi connectivity index (χ2n) is 4.75. The number of aromatic nitrogens is 2. The number of imidazole rings is 1. The van der Waals surface area contributed by atoms with Crippen molar-refractivity contribution in [2.45, 2.75) is 32.7 Å². The van der Waals surface area contributed by atoms with E-state index in [1.165, 1.54) is 6.07 Å². The fourth-order valence-corrected chi connectivity index (χ4v) is 2.19. The van der Waals surface area contributed by atoms with Gasteiger partial charge in [-0.1, -0.05) is 13.8 Å². The molecule has 2 aromatic rings. The van der Waals surface area contributed by atoms with Gasteiger partial charge in [0.05, 0.1) is 11.4 Å². The number of rotatable bonds is 3. The second kappa shape index (κ2) is 4.84. The lowest BCUT2D eigenvalue weighted by Crippen LogP contribution is -2.14. The van der Waals surface area contributed by atoms with Crippen LogP contribution in [-0.2, 0) is 5.88 Å². The van der Waals surface area contributed by atoms with Crippen LogP contribution in [0.3, 0.4) is 0 Å². The summed E-state index contributed by atoms with van der Waals surface area (Å²) in [6.45, 7) is 5.99. The molecule has 1 unspecified atom stereocenters. The highest BCUT2D eigenvalue weighted by Gasteiger charge is 2.21. The Labute approximate surface area is 110 Å². The summed E-state index contributed by atoms with van der Waals surface area (Å²) in [6.07, 6.45) is 0. The summed E-state index contributed by atoms with van der Waals surface area (Å²) in [5.74, 6) is -0.707. The van der Waals surface area contributed by atoms with Crippen LogP contribution < -0.4 is 0 Å². The predicted octanol–water partition coefficient (Wildman–Crippen LogP) is 4.27. The molecule has 98 valence electrons.